The van der Waals surface area contributed by atoms with E-state index in [1.165, 1.54) is 17.8 Å². The summed E-state index contributed by atoms with van der Waals surface area (Å²) in [5.74, 6) is 0.335. The SMILES string of the molecule is Cc1ccc(F)c(-c2cc(Nc3ccnc(NC(=O)CN4CC(C)NC(C)C4)c3)c(SCCO)nn2)c1. The molecule has 1 saturated heterocycles. The largest absolute Gasteiger partial charge is 0.396 e. The molecule has 2 aromatic heterocycles. The molecule has 3 heterocycles. The van der Waals surface area contributed by atoms with E-state index in [4.69, 9.17) is 0 Å². The summed E-state index contributed by atoms with van der Waals surface area (Å²) in [6.45, 7) is 7.98. The number of piperazine rings is 1. The Morgan fingerprint density at radius 3 is 2.73 bits per heavy atom. The maximum Gasteiger partial charge on any atom is 0.239 e. The Morgan fingerprint density at radius 1 is 1.19 bits per heavy atom. The van der Waals surface area contributed by atoms with Crippen LogP contribution in [0.3, 0.4) is 0 Å². The number of aliphatic hydroxyl groups excluding tert-OH is 1. The van der Waals surface area contributed by atoms with Gasteiger partial charge in [-0.25, -0.2) is 9.37 Å². The zero-order chi connectivity index (χ0) is 26.4. The number of nitrogens with one attached hydrogen (secondary N) is 3. The summed E-state index contributed by atoms with van der Waals surface area (Å²) >= 11 is 1.34. The van der Waals surface area contributed by atoms with E-state index in [2.05, 4.69) is 49.9 Å². The Balaban J connectivity index is 1.51. The molecule has 2 unspecified atom stereocenters. The monoisotopic (exact) mass is 525 g/mol. The third-order valence-electron chi connectivity index (χ3n) is 5.79. The predicted molar refractivity (Wildman–Crippen MR) is 145 cm³/mol. The van der Waals surface area contributed by atoms with Crippen LogP contribution in [0.25, 0.3) is 11.3 Å². The molecule has 4 rings (SSSR count). The van der Waals surface area contributed by atoms with Gasteiger partial charge in [0.05, 0.1) is 24.5 Å². The number of anilines is 3. The highest BCUT2D eigenvalue weighted by Gasteiger charge is 2.22. The smallest absolute Gasteiger partial charge is 0.239 e. The van der Waals surface area contributed by atoms with Gasteiger partial charge in [0.25, 0.3) is 0 Å². The van der Waals surface area contributed by atoms with Crippen LogP contribution in [0.15, 0.2) is 47.6 Å². The average Bonchev–Trinajstić information content (AvgIpc) is 2.84. The Morgan fingerprint density at radius 2 is 1.97 bits per heavy atom. The summed E-state index contributed by atoms with van der Waals surface area (Å²) in [5.41, 5.74) is 2.93. The normalized spacial score (nSPS) is 18.0. The maximum atomic E-state index is 14.5. The fourth-order valence-corrected chi connectivity index (χ4v) is 5.02. The van der Waals surface area contributed by atoms with E-state index in [0.717, 1.165) is 18.7 Å². The van der Waals surface area contributed by atoms with Gasteiger partial charge < -0.3 is 21.1 Å². The lowest BCUT2D eigenvalue weighted by molar-refractivity contribution is -0.117. The number of rotatable bonds is 9. The molecular weight excluding hydrogens is 493 g/mol. The van der Waals surface area contributed by atoms with Crippen molar-refractivity contribution in [1.82, 2.24) is 25.4 Å². The number of halogens is 1. The Bertz CT molecular complexity index is 1240. The Hall–Kier alpha value is -3.12. The number of thioether (sulfide) groups is 1. The molecule has 11 heteroatoms. The highest BCUT2D eigenvalue weighted by molar-refractivity contribution is 7.99. The van der Waals surface area contributed by atoms with Crippen LogP contribution in [-0.2, 0) is 4.79 Å². The lowest BCUT2D eigenvalue weighted by Gasteiger charge is -2.35. The predicted octanol–water partition coefficient (Wildman–Crippen LogP) is 3.43. The number of amides is 1. The molecule has 0 spiro atoms. The van der Waals surface area contributed by atoms with E-state index in [9.17, 15) is 14.3 Å². The van der Waals surface area contributed by atoms with Crippen LogP contribution in [0.4, 0.5) is 21.6 Å². The maximum absolute atomic E-state index is 14.5. The summed E-state index contributed by atoms with van der Waals surface area (Å²) in [7, 11) is 0. The molecule has 1 aromatic carbocycles. The molecule has 9 nitrogen and oxygen atoms in total. The van der Waals surface area contributed by atoms with Crippen LogP contribution in [-0.4, -0.2) is 75.2 Å². The first-order valence-corrected chi connectivity index (χ1v) is 13.2. The lowest BCUT2D eigenvalue weighted by Crippen LogP contribution is -2.55. The highest BCUT2D eigenvalue weighted by atomic mass is 32.2. The van der Waals surface area contributed by atoms with E-state index < -0.39 is 0 Å². The van der Waals surface area contributed by atoms with E-state index in [-0.39, 0.29) is 24.9 Å². The third-order valence-corrected chi connectivity index (χ3v) is 6.76. The zero-order valence-corrected chi connectivity index (χ0v) is 22.0. The first kappa shape index (κ1) is 26.9. The molecule has 1 fully saturated rings. The van der Waals surface area contributed by atoms with Gasteiger partial charge in [-0.15, -0.1) is 22.0 Å². The summed E-state index contributed by atoms with van der Waals surface area (Å²) in [5, 5.41) is 28.0. The second-order valence-corrected chi connectivity index (χ2v) is 10.4. The molecule has 1 amide bonds. The standard InChI is InChI=1S/C26H32FN7O2S/c1-16-4-5-21(27)20(10-16)22-12-23(26(33-32-22)37-9-8-35)30-19-6-7-28-24(11-19)31-25(36)15-34-13-17(2)29-18(3)14-34/h4-7,10-12,17-18,29,35H,8-9,13-15H2,1-3H3,(H2,28,30,31,32,36). The molecule has 1 aliphatic heterocycles. The van der Waals surface area contributed by atoms with Crippen molar-refractivity contribution < 1.29 is 14.3 Å². The van der Waals surface area contributed by atoms with Gasteiger partial charge in [0, 0.05) is 54.4 Å². The molecule has 196 valence electrons. The van der Waals surface area contributed by atoms with Crippen molar-refractivity contribution in [3.63, 3.8) is 0 Å². The molecule has 0 bridgehead atoms. The van der Waals surface area contributed by atoms with Gasteiger partial charge in [0.15, 0.2) is 0 Å². The number of benzene rings is 1. The molecule has 0 radical (unpaired) electrons. The van der Waals surface area contributed by atoms with E-state index in [1.54, 1.807) is 36.5 Å². The average molecular weight is 526 g/mol. The van der Waals surface area contributed by atoms with Crippen LogP contribution >= 0.6 is 11.8 Å². The number of carbonyl (C=O) groups excluding carboxylic acids is 1. The molecule has 0 saturated carbocycles. The molecule has 3 aromatic rings. The van der Waals surface area contributed by atoms with Gasteiger partial charge in [-0.3, -0.25) is 9.69 Å². The topological polar surface area (TPSA) is 115 Å². The molecule has 0 aliphatic carbocycles. The molecule has 2 atom stereocenters. The number of aromatic nitrogens is 3. The number of hydrogen-bond donors (Lipinski definition) is 4. The minimum Gasteiger partial charge on any atom is -0.396 e. The van der Waals surface area contributed by atoms with Crippen LogP contribution in [0.1, 0.15) is 19.4 Å². The van der Waals surface area contributed by atoms with E-state index >= 15 is 0 Å². The number of hydrogen-bond acceptors (Lipinski definition) is 9. The third kappa shape index (κ3) is 7.45. The van der Waals surface area contributed by atoms with Gasteiger partial charge >= 0.3 is 0 Å². The zero-order valence-electron chi connectivity index (χ0n) is 21.2. The van der Waals surface area contributed by atoms with Crippen molar-refractivity contribution in [2.75, 3.05) is 42.6 Å². The molecule has 37 heavy (non-hydrogen) atoms. The van der Waals surface area contributed by atoms with Crippen molar-refractivity contribution in [3.05, 3.63) is 54.0 Å². The van der Waals surface area contributed by atoms with Crippen molar-refractivity contribution in [1.29, 1.82) is 0 Å². The quantitative estimate of drug-likeness (QED) is 0.312. The minimum absolute atomic E-state index is 0.0177. The van der Waals surface area contributed by atoms with Crippen molar-refractivity contribution in [2.45, 2.75) is 37.9 Å². The van der Waals surface area contributed by atoms with E-state index in [1.807, 2.05) is 6.92 Å². The van der Waals surface area contributed by atoms with Crippen LogP contribution in [0, 0.1) is 12.7 Å². The first-order valence-electron chi connectivity index (χ1n) is 12.2. The number of nitrogens with zero attached hydrogens (tertiary/aromatic N) is 4. The number of aryl methyl sites for hydroxylation is 1. The second kappa shape index (κ2) is 12.4. The number of aliphatic hydroxyl groups is 1. The molecule has 1 aliphatic rings. The van der Waals surface area contributed by atoms with Gasteiger partial charge in [0.1, 0.15) is 16.7 Å². The van der Waals surface area contributed by atoms with Crippen LogP contribution in [0.5, 0.6) is 0 Å². The van der Waals surface area contributed by atoms with Gasteiger partial charge in [-0.1, -0.05) is 11.6 Å². The number of pyridine rings is 1. The molecular formula is C26H32FN7O2S. The van der Waals surface area contributed by atoms with Gasteiger partial charge in [-0.2, -0.15) is 0 Å². The van der Waals surface area contributed by atoms with Crippen molar-refractivity contribution in [2.24, 2.45) is 0 Å². The van der Waals surface area contributed by atoms with Gasteiger partial charge in [-0.05, 0) is 45.0 Å². The van der Waals surface area contributed by atoms with Gasteiger partial charge in [0.2, 0.25) is 5.91 Å². The minimum atomic E-state index is -0.385. The Kier molecular flexibility index (Phi) is 9.04. The molecule has 4 N–H and O–H groups in total. The first-order chi connectivity index (χ1) is 17.8. The second-order valence-electron chi connectivity index (χ2n) is 9.27. The summed E-state index contributed by atoms with van der Waals surface area (Å²) in [4.78, 5) is 19.1. The van der Waals surface area contributed by atoms with E-state index in [0.29, 0.717) is 51.3 Å². The number of carbonyl (C=O) groups is 1. The Labute approximate surface area is 220 Å². The fourth-order valence-electron chi connectivity index (χ4n) is 4.37. The van der Waals surface area contributed by atoms with Crippen molar-refractivity contribution in [3.8, 4) is 11.3 Å². The van der Waals surface area contributed by atoms with Crippen LogP contribution < -0.4 is 16.0 Å². The lowest BCUT2D eigenvalue weighted by atomic mass is 10.1. The summed E-state index contributed by atoms with van der Waals surface area (Å²) in [6.07, 6.45) is 1.60. The summed E-state index contributed by atoms with van der Waals surface area (Å²) in [6, 6.07) is 10.7. The fraction of sp³-hybridized carbons (Fsp3) is 0.385. The summed E-state index contributed by atoms with van der Waals surface area (Å²) < 4.78 is 14.5. The highest BCUT2D eigenvalue weighted by Crippen LogP contribution is 2.32. The van der Waals surface area contributed by atoms with Crippen LogP contribution in [0.2, 0.25) is 0 Å². The van der Waals surface area contributed by atoms with Crippen molar-refractivity contribution >= 4 is 34.9 Å².